The second-order valence-electron chi connectivity index (χ2n) is 3.69. The molecule has 0 fully saturated rings. The third kappa shape index (κ3) is 8.11. The first-order valence-corrected chi connectivity index (χ1v) is 7.11. The van der Waals surface area contributed by atoms with E-state index in [1.165, 1.54) is 0 Å². The van der Waals surface area contributed by atoms with Gasteiger partial charge in [0, 0.05) is 0 Å². The zero-order valence-corrected chi connectivity index (χ0v) is 13.8. The van der Waals surface area contributed by atoms with Crippen LogP contribution in [0.5, 0.6) is 5.75 Å². The molecule has 6 heteroatoms. The summed E-state index contributed by atoms with van der Waals surface area (Å²) in [6.45, 7) is 2.27. The fourth-order valence-corrected chi connectivity index (χ4v) is 2.02. The van der Waals surface area contributed by atoms with E-state index in [1.807, 2.05) is 0 Å². The number of benzene rings is 1. The fraction of sp³-hybridized carbons (Fsp3) is 0.500. The number of rotatable bonds is 8. The summed E-state index contributed by atoms with van der Waals surface area (Å²) in [6.07, 6.45) is 3.89. The van der Waals surface area contributed by atoms with E-state index in [4.69, 9.17) is 8.37 Å². The van der Waals surface area contributed by atoms with Crippen LogP contribution in [0.2, 0.25) is 0 Å². The third-order valence-corrected chi connectivity index (χ3v) is 3.02. The van der Waals surface area contributed by atoms with Gasteiger partial charge in [-0.15, -0.1) is 0 Å². The molecular formula is C12H19NaO4S. The monoisotopic (exact) mass is 282 g/mol. The van der Waals surface area contributed by atoms with Gasteiger partial charge in [-0.25, -0.2) is 4.18 Å². The molecule has 18 heavy (non-hydrogen) atoms. The molecule has 1 rings (SSSR count). The smallest absolute Gasteiger partial charge is 1.00 e. The molecule has 0 heterocycles. The van der Waals surface area contributed by atoms with Crippen molar-refractivity contribution in [2.45, 2.75) is 32.6 Å². The molecular weight excluding hydrogens is 263 g/mol. The van der Waals surface area contributed by atoms with Gasteiger partial charge in [0.15, 0.2) is 0 Å². The molecule has 0 radical (unpaired) electrons. The molecule has 0 unspecified atom stereocenters. The molecule has 0 saturated heterocycles. The van der Waals surface area contributed by atoms with E-state index in [1.54, 1.807) is 30.3 Å². The van der Waals surface area contributed by atoms with Crippen molar-refractivity contribution in [3.8, 4) is 5.75 Å². The predicted molar refractivity (Wildman–Crippen MR) is 67.2 cm³/mol. The average molecular weight is 282 g/mol. The van der Waals surface area contributed by atoms with Gasteiger partial charge in [0.2, 0.25) is 0 Å². The van der Waals surface area contributed by atoms with E-state index in [9.17, 15) is 8.42 Å². The van der Waals surface area contributed by atoms with Crippen LogP contribution in [0.1, 0.15) is 34.0 Å². The topological polar surface area (TPSA) is 52.6 Å². The Morgan fingerprint density at radius 1 is 1.11 bits per heavy atom. The van der Waals surface area contributed by atoms with Crippen molar-refractivity contribution < 1.29 is 47.8 Å². The molecule has 1 aromatic rings. The first kappa shape index (κ1) is 17.9. The zero-order valence-electron chi connectivity index (χ0n) is 12.0. The van der Waals surface area contributed by atoms with Crippen LogP contribution in [0, 0.1) is 0 Å². The summed E-state index contributed by atoms with van der Waals surface area (Å²) in [5, 5.41) is 0. The first-order chi connectivity index (χ1) is 8.14. The molecule has 0 aliphatic carbocycles. The van der Waals surface area contributed by atoms with E-state index in [0.29, 0.717) is 0 Å². The maximum absolute atomic E-state index is 11.4. The Morgan fingerprint density at radius 3 is 2.39 bits per heavy atom. The van der Waals surface area contributed by atoms with Crippen LogP contribution in [0.25, 0.3) is 0 Å². The Kier molecular flexibility index (Phi) is 9.77. The molecule has 0 bridgehead atoms. The molecule has 0 aliphatic heterocycles. The molecule has 0 atom stereocenters. The van der Waals surface area contributed by atoms with Crippen molar-refractivity contribution in [3.63, 3.8) is 0 Å². The summed E-state index contributed by atoms with van der Waals surface area (Å²) in [4.78, 5) is 0. The molecule has 0 aromatic heterocycles. The zero-order chi connectivity index (χ0) is 12.6. The van der Waals surface area contributed by atoms with E-state index < -0.39 is 10.4 Å². The predicted octanol–water partition coefficient (Wildman–Crippen LogP) is 0.0236. The second-order valence-corrected chi connectivity index (χ2v) is 4.91. The molecule has 0 N–H and O–H groups in total. The van der Waals surface area contributed by atoms with Crippen molar-refractivity contribution in [1.82, 2.24) is 0 Å². The van der Waals surface area contributed by atoms with Crippen LogP contribution < -0.4 is 33.7 Å². The summed E-state index contributed by atoms with van der Waals surface area (Å²) in [5.74, 6) is 0.265. The van der Waals surface area contributed by atoms with Gasteiger partial charge in [-0.05, 0) is 18.6 Å². The molecule has 0 aliphatic rings. The van der Waals surface area contributed by atoms with E-state index in [-0.39, 0.29) is 43.3 Å². The largest absolute Gasteiger partial charge is 1.00 e. The quantitative estimate of drug-likeness (QED) is 0.498. The van der Waals surface area contributed by atoms with Crippen molar-refractivity contribution in [1.29, 1.82) is 0 Å². The standard InChI is InChI=1S/C12H18O4S.Na.H/c1-2-3-4-8-11-15-17(13,14)16-12-9-6-5-7-10-12;;/h5-7,9-10H,2-4,8,11H2,1H3;;/q;+1;-1. The van der Waals surface area contributed by atoms with Crippen LogP contribution in [0.4, 0.5) is 0 Å². The van der Waals surface area contributed by atoms with Crippen molar-refractivity contribution >= 4 is 10.4 Å². The van der Waals surface area contributed by atoms with Crippen LogP contribution in [-0.2, 0) is 14.6 Å². The molecule has 0 spiro atoms. The molecule has 98 valence electrons. The van der Waals surface area contributed by atoms with Gasteiger partial charge in [0.1, 0.15) is 5.75 Å². The Balaban J connectivity index is 0. The Hall–Kier alpha value is -0.0700. The maximum atomic E-state index is 11.4. The van der Waals surface area contributed by atoms with Crippen LogP contribution >= 0.6 is 0 Å². The van der Waals surface area contributed by atoms with Crippen molar-refractivity contribution in [3.05, 3.63) is 30.3 Å². The number of hydrogen-bond donors (Lipinski definition) is 0. The summed E-state index contributed by atoms with van der Waals surface area (Å²) in [5.41, 5.74) is 0. The number of para-hydroxylation sites is 1. The summed E-state index contributed by atoms with van der Waals surface area (Å²) in [6, 6.07) is 8.32. The average Bonchev–Trinajstić information content (AvgIpc) is 2.29. The molecule has 4 nitrogen and oxygen atoms in total. The Bertz CT molecular complexity index is 411. The Morgan fingerprint density at radius 2 is 1.78 bits per heavy atom. The minimum atomic E-state index is -3.92. The normalized spacial score (nSPS) is 10.7. The summed E-state index contributed by atoms with van der Waals surface area (Å²) in [7, 11) is -3.92. The molecule has 0 saturated carbocycles. The van der Waals surface area contributed by atoms with Gasteiger partial charge in [0.25, 0.3) is 0 Å². The van der Waals surface area contributed by atoms with Gasteiger partial charge in [-0.3, -0.25) is 0 Å². The van der Waals surface area contributed by atoms with E-state index in [2.05, 4.69) is 6.92 Å². The van der Waals surface area contributed by atoms with Gasteiger partial charge < -0.3 is 5.61 Å². The summed E-state index contributed by atoms with van der Waals surface area (Å²) < 4.78 is 32.3. The van der Waals surface area contributed by atoms with Crippen molar-refractivity contribution in [2.75, 3.05) is 6.61 Å². The SMILES string of the molecule is CCCCCCOS(=O)(=O)Oc1ccccc1.[H-].[Na+]. The van der Waals surface area contributed by atoms with Gasteiger partial charge in [-0.1, -0.05) is 44.4 Å². The van der Waals surface area contributed by atoms with Gasteiger partial charge in [-0.2, -0.15) is 8.42 Å². The van der Waals surface area contributed by atoms with Crippen LogP contribution in [-0.4, -0.2) is 15.0 Å². The minimum Gasteiger partial charge on any atom is -1.00 e. The number of hydrogen-bond acceptors (Lipinski definition) is 4. The second kappa shape index (κ2) is 9.81. The maximum Gasteiger partial charge on any atom is 1.00 e. The van der Waals surface area contributed by atoms with Gasteiger partial charge >= 0.3 is 40.0 Å². The third-order valence-electron chi connectivity index (χ3n) is 2.17. The first-order valence-electron chi connectivity index (χ1n) is 5.78. The number of unbranched alkanes of at least 4 members (excludes halogenated alkanes) is 3. The summed E-state index contributed by atoms with van der Waals surface area (Å²) >= 11 is 0. The fourth-order valence-electron chi connectivity index (χ4n) is 1.31. The molecule has 1 aromatic carbocycles. The van der Waals surface area contributed by atoms with Crippen LogP contribution in [0.3, 0.4) is 0 Å². The van der Waals surface area contributed by atoms with E-state index >= 15 is 0 Å². The Labute approximate surface area is 133 Å². The van der Waals surface area contributed by atoms with Gasteiger partial charge in [0.05, 0.1) is 6.61 Å². The van der Waals surface area contributed by atoms with Crippen molar-refractivity contribution in [2.24, 2.45) is 0 Å². The van der Waals surface area contributed by atoms with Crippen LogP contribution in [0.15, 0.2) is 30.3 Å². The molecule has 0 amide bonds. The minimum absolute atomic E-state index is 0. The van der Waals surface area contributed by atoms with E-state index in [0.717, 1.165) is 25.7 Å².